The van der Waals surface area contributed by atoms with Crippen LogP contribution in [0, 0.1) is 0 Å². The molecule has 0 saturated carbocycles. The molecule has 1 N–H and O–H groups in total. The van der Waals surface area contributed by atoms with Gasteiger partial charge in [-0.25, -0.2) is 0 Å². The summed E-state index contributed by atoms with van der Waals surface area (Å²) in [6, 6.07) is 7.66. The number of benzene rings is 1. The SMILES string of the molecule is Clc1ccc(OCC2COCCN2)cc1. The Morgan fingerprint density at radius 3 is 2.87 bits per heavy atom. The molecule has 0 amide bonds. The number of hydrogen-bond acceptors (Lipinski definition) is 3. The topological polar surface area (TPSA) is 30.5 Å². The first-order valence-electron chi connectivity index (χ1n) is 5.04. The van der Waals surface area contributed by atoms with E-state index in [2.05, 4.69) is 5.32 Å². The fourth-order valence-corrected chi connectivity index (χ4v) is 1.58. The maximum atomic E-state index is 5.77. The van der Waals surface area contributed by atoms with Crippen LogP contribution in [0.25, 0.3) is 0 Å². The fraction of sp³-hybridized carbons (Fsp3) is 0.455. The van der Waals surface area contributed by atoms with Gasteiger partial charge in [0.1, 0.15) is 12.4 Å². The predicted octanol–water partition coefficient (Wildman–Crippen LogP) is 1.71. The Kier molecular flexibility index (Phi) is 3.83. The van der Waals surface area contributed by atoms with Crippen molar-refractivity contribution in [3.63, 3.8) is 0 Å². The van der Waals surface area contributed by atoms with Crippen molar-refractivity contribution in [2.24, 2.45) is 0 Å². The standard InChI is InChI=1S/C11H14ClNO2/c12-9-1-3-11(4-2-9)15-8-10-7-14-6-5-13-10/h1-4,10,13H,5-8H2. The summed E-state index contributed by atoms with van der Waals surface area (Å²) in [6.07, 6.45) is 0. The second kappa shape index (κ2) is 5.35. The number of morpholine rings is 1. The number of halogens is 1. The predicted molar refractivity (Wildman–Crippen MR) is 59.6 cm³/mol. The van der Waals surface area contributed by atoms with Gasteiger partial charge < -0.3 is 14.8 Å². The van der Waals surface area contributed by atoms with Crippen LogP contribution >= 0.6 is 11.6 Å². The number of rotatable bonds is 3. The molecule has 1 saturated heterocycles. The number of nitrogens with one attached hydrogen (secondary N) is 1. The molecule has 4 heteroatoms. The lowest BCUT2D eigenvalue weighted by atomic mass is 10.3. The van der Waals surface area contributed by atoms with E-state index in [9.17, 15) is 0 Å². The Balaban J connectivity index is 1.79. The molecule has 0 radical (unpaired) electrons. The van der Waals surface area contributed by atoms with Gasteiger partial charge in [0, 0.05) is 11.6 Å². The molecule has 1 aliphatic heterocycles. The molecule has 1 aliphatic rings. The summed E-state index contributed by atoms with van der Waals surface area (Å²) in [5, 5.41) is 4.05. The summed E-state index contributed by atoms with van der Waals surface area (Å²) in [5.74, 6) is 0.840. The van der Waals surface area contributed by atoms with Crippen LogP contribution in [0.4, 0.5) is 0 Å². The van der Waals surface area contributed by atoms with E-state index in [-0.39, 0.29) is 6.04 Å². The molecule has 0 aliphatic carbocycles. The van der Waals surface area contributed by atoms with E-state index >= 15 is 0 Å². The van der Waals surface area contributed by atoms with E-state index in [1.165, 1.54) is 0 Å². The zero-order valence-electron chi connectivity index (χ0n) is 8.41. The molecule has 0 spiro atoms. The Labute approximate surface area is 94.3 Å². The Morgan fingerprint density at radius 1 is 1.40 bits per heavy atom. The highest BCUT2D eigenvalue weighted by atomic mass is 35.5. The third kappa shape index (κ3) is 3.38. The van der Waals surface area contributed by atoms with Crippen LogP contribution in [-0.2, 0) is 4.74 Å². The molecule has 3 nitrogen and oxygen atoms in total. The minimum Gasteiger partial charge on any atom is -0.492 e. The molecule has 15 heavy (non-hydrogen) atoms. The fourth-order valence-electron chi connectivity index (χ4n) is 1.45. The normalized spacial score (nSPS) is 21.3. The van der Waals surface area contributed by atoms with E-state index in [1.54, 1.807) is 0 Å². The number of ether oxygens (including phenoxy) is 2. The van der Waals surface area contributed by atoms with Gasteiger partial charge in [0.15, 0.2) is 0 Å². The molecule has 2 rings (SSSR count). The first-order chi connectivity index (χ1) is 7.34. The average molecular weight is 228 g/mol. The van der Waals surface area contributed by atoms with Gasteiger partial charge in [-0.2, -0.15) is 0 Å². The second-order valence-corrected chi connectivity index (χ2v) is 3.93. The van der Waals surface area contributed by atoms with Crippen molar-refractivity contribution in [1.29, 1.82) is 0 Å². The van der Waals surface area contributed by atoms with Gasteiger partial charge in [0.25, 0.3) is 0 Å². The van der Waals surface area contributed by atoms with Crippen LogP contribution in [0.2, 0.25) is 5.02 Å². The van der Waals surface area contributed by atoms with Gasteiger partial charge in [-0.1, -0.05) is 11.6 Å². The molecule has 1 aromatic carbocycles. The highest BCUT2D eigenvalue weighted by Gasteiger charge is 2.13. The van der Waals surface area contributed by atoms with Crippen molar-refractivity contribution in [3.05, 3.63) is 29.3 Å². The van der Waals surface area contributed by atoms with Crippen LogP contribution in [0.1, 0.15) is 0 Å². The Morgan fingerprint density at radius 2 is 2.20 bits per heavy atom. The van der Waals surface area contributed by atoms with Crippen LogP contribution in [0.3, 0.4) is 0 Å². The van der Waals surface area contributed by atoms with Crippen molar-refractivity contribution in [3.8, 4) is 5.75 Å². The van der Waals surface area contributed by atoms with Gasteiger partial charge in [0.2, 0.25) is 0 Å². The highest BCUT2D eigenvalue weighted by Crippen LogP contribution is 2.15. The maximum Gasteiger partial charge on any atom is 0.119 e. The van der Waals surface area contributed by atoms with Crippen molar-refractivity contribution in [1.82, 2.24) is 5.32 Å². The van der Waals surface area contributed by atoms with Gasteiger partial charge in [-0.15, -0.1) is 0 Å². The molecular formula is C11H14ClNO2. The second-order valence-electron chi connectivity index (χ2n) is 3.49. The van der Waals surface area contributed by atoms with Gasteiger partial charge in [-0.05, 0) is 24.3 Å². The minimum atomic E-state index is 0.287. The molecule has 1 aromatic rings. The molecule has 82 valence electrons. The summed E-state index contributed by atoms with van der Waals surface area (Å²) in [5.41, 5.74) is 0. The zero-order valence-corrected chi connectivity index (χ0v) is 9.17. The van der Waals surface area contributed by atoms with E-state index in [4.69, 9.17) is 21.1 Å². The Bertz CT molecular complexity index is 296. The van der Waals surface area contributed by atoms with E-state index in [1.807, 2.05) is 24.3 Å². The van der Waals surface area contributed by atoms with E-state index in [0.29, 0.717) is 13.2 Å². The lowest BCUT2D eigenvalue weighted by Crippen LogP contribution is -2.44. The summed E-state index contributed by atoms with van der Waals surface area (Å²) >= 11 is 5.77. The first-order valence-corrected chi connectivity index (χ1v) is 5.42. The third-order valence-corrected chi connectivity index (χ3v) is 2.52. The largest absolute Gasteiger partial charge is 0.492 e. The van der Waals surface area contributed by atoms with Crippen LogP contribution in [0.15, 0.2) is 24.3 Å². The molecule has 0 bridgehead atoms. The van der Waals surface area contributed by atoms with Crippen molar-refractivity contribution in [2.75, 3.05) is 26.4 Å². The molecule has 1 fully saturated rings. The molecule has 1 atom stereocenters. The maximum absolute atomic E-state index is 5.77. The third-order valence-electron chi connectivity index (χ3n) is 2.26. The van der Waals surface area contributed by atoms with Gasteiger partial charge >= 0.3 is 0 Å². The Hall–Kier alpha value is -0.770. The lowest BCUT2D eigenvalue weighted by Gasteiger charge is -2.23. The highest BCUT2D eigenvalue weighted by molar-refractivity contribution is 6.30. The van der Waals surface area contributed by atoms with Crippen LogP contribution in [0.5, 0.6) is 5.75 Å². The zero-order chi connectivity index (χ0) is 10.5. The van der Waals surface area contributed by atoms with Crippen molar-refractivity contribution < 1.29 is 9.47 Å². The minimum absolute atomic E-state index is 0.287. The molecular weight excluding hydrogens is 214 g/mol. The summed E-state index contributed by atoms with van der Waals surface area (Å²) in [4.78, 5) is 0. The summed E-state index contributed by atoms with van der Waals surface area (Å²) in [6.45, 7) is 3.03. The smallest absolute Gasteiger partial charge is 0.119 e. The van der Waals surface area contributed by atoms with Crippen LogP contribution in [-0.4, -0.2) is 32.4 Å². The van der Waals surface area contributed by atoms with E-state index < -0.39 is 0 Å². The molecule has 1 unspecified atom stereocenters. The van der Waals surface area contributed by atoms with Crippen LogP contribution < -0.4 is 10.1 Å². The average Bonchev–Trinajstić information content (AvgIpc) is 2.30. The van der Waals surface area contributed by atoms with Gasteiger partial charge in [0.05, 0.1) is 19.3 Å². The summed E-state index contributed by atoms with van der Waals surface area (Å²) < 4.78 is 10.9. The first kappa shape index (κ1) is 10.7. The van der Waals surface area contributed by atoms with E-state index in [0.717, 1.165) is 23.9 Å². The quantitative estimate of drug-likeness (QED) is 0.853. The summed E-state index contributed by atoms with van der Waals surface area (Å²) in [7, 11) is 0. The van der Waals surface area contributed by atoms with Crippen molar-refractivity contribution >= 4 is 11.6 Å². The molecule has 1 heterocycles. The van der Waals surface area contributed by atoms with Crippen molar-refractivity contribution in [2.45, 2.75) is 6.04 Å². The van der Waals surface area contributed by atoms with Gasteiger partial charge in [-0.3, -0.25) is 0 Å². The lowest BCUT2D eigenvalue weighted by molar-refractivity contribution is 0.0592. The molecule has 0 aromatic heterocycles. The number of hydrogen-bond donors (Lipinski definition) is 1. The monoisotopic (exact) mass is 227 g/mol.